The molecule has 1 aliphatic heterocycles. The van der Waals surface area contributed by atoms with E-state index < -0.39 is 0 Å². The predicted molar refractivity (Wildman–Crippen MR) is 111 cm³/mol. The lowest BCUT2D eigenvalue weighted by Crippen LogP contribution is -2.19. The van der Waals surface area contributed by atoms with Crippen molar-refractivity contribution < 1.29 is 19.0 Å². The van der Waals surface area contributed by atoms with Crippen LogP contribution >= 0.6 is 0 Å². The third kappa shape index (κ3) is 3.46. The monoisotopic (exact) mass is 384 g/mol. The van der Waals surface area contributed by atoms with Crippen LogP contribution in [0.3, 0.4) is 0 Å². The fourth-order valence-corrected chi connectivity index (χ4v) is 3.85. The van der Waals surface area contributed by atoms with Crippen molar-refractivity contribution in [3.8, 4) is 17.2 Å². The van der Waals surface area contributed by atoms with Crippen LogP contribution in [0.2, 0.25) is 0 Å². The van der Waals surface area contributed by atoms with Crippen molar-refractivity contribution >= 4 is 17.3 Å². The highest BCUT2D eigenvalue weighted by Gasteiger charge is 2.21. The second-order valence-electron chi connectivity index (χ2n) is 7.03. The number of nitrogens with one attached hydrogen (secondary N) is 2. The lowest BCUT2D eigenvalue weighted by molar-refractivity contribution is -0.116. The number of ether oxygens (including phenoxy) is 3. The van der Waals surface area contributed by atoms with Crippen molar-refractivity contribution in [2.75, 3.05) is 32.0 Å². The topological polar surface area (TPSA) is 68.8 Å². The molecule has 1 aliphatic rings. The van der Waals surface area contributed by atoms with Gasteiger partial charge in [0.15, 0.2) is 0 Å². The number of amides is 1. The zero-order valence-electron chi connectivity index (χ0n) is 17.4. The Balaban J connectivity index is 1.97. The summed E-state index contributed by atoms with van der Waals surface area (Å²) in [6.07, 6.45) is 1.22. The smallest absolute Gasteiger partial charge is 0.224 e. The maximum Gasteiger partial charge on any atom is 0.224 e. The molecule has 0 aliphatic carbocycles. The molecular weight excluding hydrogens is 356 g/mol. The third-order valence-electron chi connectivity index (χ3n) is 5.50. The van der Waals surface area contributed by atoms with Crippen molar-refractivity contribution in [2.24, 2.45) is 0 Å². The fourth-order valence-electron chi connectivity index (χ4n) is 3.85. The van der Waals surface area contributed by atoms with Gasteiger partial charge in [0.2, 0.25) is 5.91 Å². The van der Waals surface area contributed by atoms with Gasteiger partial charge in [-0.3, -0.25) is 4.79 Å². The fraction of sp³-hybridized carbons (Fsp3) is 0.409. The minimum Gasteiger partial charge on any atom is -0.496 e. The van der Waals surface area contributed by atoms with Gasteiger partial charge in [0, 0.05) is 24.2 Å². The van der Waals surface area contributed by atoms with Gasteiger partial charge in [-0.15, -0.1) is 0 Å². The number of carbonyl (C=O) groups excluding carboxylic acids is 1. The van der Waals surface area contributed by atoms with Gasteiger partial charge >= 0.3 is 0 Å². The Morgan fingerprint density at radius 2 is 1.61 bits per heavy atom. The van der Waals surface area contributed by atoms with Gasteiger partial charge in [0.05, 0.1) is 27.0 Å². The summed E-state index contributed by atoms with van der Waals surface area (Å²) in [5, 5.41) is 6.39. The summed E-state index contributed by atoms with van der Waals surface area (Å²) in [5.74, 6) is 2.52. The number of anilines is 2. The van der Waals surface area contributed by atoms with Crippen LogP contribution in [0.25, 0.3) is 0 Å². The molecule has 0 aromatic heterocycles. The first-order chi connectivity index (χ1) is 13.4. The SMILES string of the molecule is COc1cc2c(cc1NCc1c(C)c(OC)c(C)c(C)c1OC)NC(=O)CC2. The Morgan fingerprint density at radius 1 is 0.929 bits per heavy atom. The minimum atomic E-state index is 0.0417. The minimum absolute atomic E-state index is 0.0417. The van der Waals surface area contributed by atoms with Crippen LogP contribution in [0.1, 0.15) is 34.2 Å². The summed E-state index contributed by atoms with van der Waals surface area (Å²) in [5.41, 5.74) is 6.96. The Morgan fingerprint density at radius 3 is 2.25 bits per heavy atom. The molecule has 0 spiro atoms. The van der Waals surface area contributed by atoms with Gasteiger partial charge in [-0.2, -0.15) is 0 Å². The Bertz CT molecular complexity index is 922. The molecule has 1 amide bonds. The van der Waals surface area contributed by atoms with Gasteiger partial charge in [0.25, 0.3) is 0 Å². The highest BCUT2D eigenvalue weighted by molar-refractivity contribution is 5.95. The first kappa shape index (κ1) is 19.9. The van der Waals surface area contributed by atoms with E-state index in [2.05, 4.69) is 10.6 Å². The molecule has 0 atom stereocenters. The van der Waals surface area contributed by atoms with Crippen LogP contribution in [0.5, 0.6) is 17.2 Å². The van der Waals surface area contributed by atoms with Gasteiger partial charge in [-0.25, -0.2) is 0 Å². The van der Waals surface area contributed by atoms with Crippen molar-refractivity contribution in [2.45, 2.75) is 40.2 Å². The van der Waals surface area contributed by atoms with Crippen LogP contribution in [0, 0.1) is 20.8 Å². The van der Waals surface area contributed by atoms with E-state index in [4.69, 9.17) is 14.2 Å². The van der Waals surface area contributed by atoms with Gasteiger partial charge < -0.3 is 24.8 Å². The highest BCUT2D eigenvalue weighted by atomic mass is 16.5. The summed E-state index contributed by atoms with van der Waals surface area (Å²) in [4.78, 5) is 11.7. The number of hydrogen-bond acceptors (Lipinski definition) is 5. The average molecular weight is 384 g/mol. The van der Waals surface area contributed by atoms with Crippen molar-refractivity contribution in [3.63, 3.8) is 0 Å². The lowest BCUT2D eigenvalue weighted by atomic mass is 9.97. The molecule has 3 rings (SSSR count). The van der Waals surface area contributed by atoms with E-state index in [1.54, 1.807) is 21.3 Å². The number of benzene rings is 2. The van der Waals surface area contributed by atoms with E-state index in [9.17, 15) is 4.79 Å². The largest absolute Gasteiger partial charge is 0.496 e. The molecule has 28 heavy (non-hydrogen) atoms. The van der Waals surface area contributed by atoms with Crippen LogP contribution in [-0.2, 0) is 17.8 Å². The molecule has 0 fully saturated rings. The molecule has 0 unspecified atom stereocenters. The zero-order chi connectivity index (χ0) is 20.4. The second kappa shape index (κ2) is 8.00. The van der Waals surface area contributed by atoms with E-state index in [0.717, 1.165) is 62.9 Å². The zero-order valence-corrected chi connectivity index (χ0v) is 17.4. The van der Waals surface area contributed by atoms with E-state index in [1.807, 2.05) is 32.9 Å². The van der Waals surface area contributed by atoms with Crippen molar-refractivity contribution in [3.05, 3.63) is 39.9 Å². The Hall–Kier alpha value is -2.89. The normalized spacial score (nSPS) is 12.9. The number of carbonyl (C=O) groups is 1. The summed E-state index contributed by atoms with van der Waals surface area (Å²) >= 11 is 0. The average Bonchev–Trinajstić information content (AvgIpc) is 2.69. The molecule has 2 aromatic rings. The quantitative estimate of drug-likeness (QED) is 0.784. The van der Waals surface area contributed by atoms with Crippen LogP contribution < -0.4 is 24.8 Å². The van der Waals surface area contributed by atoms with E-state index >= 15 is 0 Å². The second-order valence-corrected chi connectivity index (χ2v) is 7.03. The summed E-state index contributed by atoms with van der Waals surface area (Å²) in [6, 6.07) is 3.92. The first-order valence-corrected chi connectivity index (χ1v) is 9.36. The Labute approximate surface area is 166 Å². The number of fused-ring (bicyclic) bond motifs is 1. The van der Waals surface area contributed by atoms with E-state index in [-0.39, 0.29) is 5.91 Å². The maximum absolute atomic E-state index is 11.7. The molecule has 2 N–H and O–H groups in total. The maximum atomic E-state index is 11.7. The van der Waals surface area contributed by atoms with Gasteiger partial charge in [0.1, 0.15) is 17.2 Å². The van der Waals surface area contributed by atoms with E-state index in [0.29, 0.717) is 13.0 Å². The van der Waals surface area contributed by atoms with Crippen LogP contribution in [0.4, 0.5) is 11.4 Å². The molecule has 150 valence electrons. The number of hydrogen-bond donors (Lipinski definition) is 2. The molecule has 0 bridgehead atoms. The summed E-state index contributed by atoms with van der Waals surface area (Å²) in [6.45, 7) is 6.65. The predicted octanol–water partition coefficient (Wildman–Crippen LogP) is 4.13. The van der Waals surface area contributed by atoms with Crippen molar-refractivity contribution in [1.29, 1.82) is 0 Å². The van der Waals surface area contributed by atoms with Crippen LogP contribution in [-0.4, -0.2) is 27.2 Å². The highest BCUT2D eigenvalue weighted by Crippen LogP contribution is 2.39. The number of methoxy groups -OCH3 is 3. The first-order valence-electron chi connectivity index (χ1n) is 9.36. The molecule has 0 radical (unpaired) electrons. The van der Waals surface area contributed by atoms with Gasteiger partial charge in [-0.1, -0.05) is 0 Å². The molecule has 0 saturated heterocycles. The molecule has 1 heterocycles. The molecule has 6 nitrogen and oxygen atoms in total. The lowest BCUT2D eigenvalue weighted by Gasteiger charge is -2.23. The molecule has 2 aromatic carbocycles. The van der Waals surface area contributed by atoms with Crippen molar-refractivity contribution in [1.82, 2.24) is 0 Å². The summed E-state index contributed by atoms with van der Waals surface area (Å²) in [7, 11) is 5.03. The third-order valence-corrected chi connectivity index (χ3v) is 5.50. The summed E-state index contributed by atoms with van der Waals surface area (Å²) < 4.78 is 16.9. The van der Waals surface area contributed by atoms with E-state index in [1.165, 1.54) is 0 Å². The molecular formula is C22H28N2O4. The number of rotatable bonds is 6. The molecule has 6 heteroatoms. The van der Waals surface area contributed by atoms with Crippen LogP contribution in [0.15, 0.2) is 12.1 Å². The number of aryl methyl sites for hydroxylation is 1. The van der Waals surface area contributed by atoms with Gasteiger partial charge in [-0.05, 0) is 61.6 Å². The Kier molecular flexibility index (Phi) is 5.68. The standard InChI is InChI=1S/C22H28N2O4/c1-12-13(2)22(28-6)16(14(3)21(12)27-5)11-23-18-10-17-15(9-19(18)26-4)7-8-20(25)24-17/h9-10,23H,7-8,11H2,1-6H3,(H,24,25). The molecule has 0 saturated carbocycles.